The van der Waals surface area contributed by atoms with Crippen molar-refractivity contribution in [2.24, 2.45) is 0 Å². The number of amides is 1. The monoisotopic (exact) mass is 508 g/mol. The first-order chi connectivity index (χ1) is 18.4. The Morgan fingerprint density at radius 1 is 1.18 bits per heavy atom. The Kier molecular flexibility index (Phi) is 7.15. The molecule has 1 fully saturated rings. The lowest BCUT2D eigenvalue weighted by Gasteiger charge is -2.13. The number of nitriles is 1. The van der Waals surface area contributed by atoms with Gasteiger partial charge in [0.2, 0.25) is 11.7 Å². The zero-order chi connectivity index (χ0) is 26.6. The molecule has 0 unspecified atom stereocenters. The van der Waals surface area contributed by atoms with Gasteiger partial charge >= 0.3 is 0 Å². The summed E-state index contributed by atoms with van der Waals surface area (Å²) in [5.74, 6) is 1.73. The smallest absolute Gasteiger partial charge is 0.257 e. The van der Waals surface area contributed by atoms with Crippen LogP contribution in [0.4, 0.5) is 5.69 Å². The van der Waals surface area contributed by atoms with Crippen LogP contribution in [0.15, 0.2) is 59.3 Å². The average molecular weight is 509 g/mol. The molecule has 1 aliphatic carbocycles. The van der Waals surface area contributed by atoms with Crippen LogP contribution in [0, 0.1) is 18.3 Å². The van der Waals surface area contributed by atoms with E-state index in [9.17, 15) is 10.1 Å². The van der Waals surface area contributed by atoms with Gasteiger partial charge in [0.15, 0.2) is 0 Å². The minimum absolute atomic E-state index is 0.293. The van der Waals surface area contributed by atoms with E-state index in [4.69, 9.17) is 9.26 Å². The molecule has 4 aromatic rings. The van der Waals surface area contributed by atoms with Gasteiger partial charge in [-0.1, -0.05) is 17.3 Å². The molecule has 0 aliphatic heterocycles. The van der Waals surface area contributed by atoms with Crippen LogP contribution < -0.4 is 10.1 Å². The summed E-state index contributed by atoms with van der Waals surface area (Å²) in [5, 5.41) is 16.3. The Balaban J connectivity index is 1.32. The van der Waals surface area contributed by atoms with E-state index in [-0.39, 0.29) is 5.91 Å². The maximum atomic E-state index is 12.9. The molecule has 1 N–H and O–H groups in total. The van der Waals surface area contributed by atoms with E-state index in [1.54, 1.807) is 37.4 Å². The second kappa shape index (κ2) is 10.8. The standard InChI is InChI=1S/C29H28N6O3/c1-18-32-28(34-38-18)20-7-10-24(25(14-20)19-4-5-19)26-11-8-22(17-31-26)29(36)33-23-9-6-21(16-30)27(15-23)37-13-12-35(2)3/h6-11,14-15,17,19H,4-5,12-13H2,1-3H3,(H,33,36). The third-order valence-electron chi connectivity index (χ3n) is 6.31. The van der Waals surface area contributed by atoms with Crippen LogP contribution in [0.2, 0.25) is 0 Å². The minimum Gasteiger partial charge on any atom is -0.491 e. The second-order valence-electron chi connectivity index (χ2n) is 9.57. The number of benzene rings is 2. The summed E-state index contributed by atoms with van der Waals surface area (Å²) >= 11 is 0. The zero-order valence-corrected chi connectivity index (χ0v) is 21.6. The molecule has 9 nitrogen and oxygen atoms in total. The summed E-state index contributed by atoms with van der Waals surface area (Å²) in [5.41, 5.74) is 5.34. The first-order valence-electron chi connectivity index (χ1n) is 12.5. The number of aryl methyl sites for hydroxylation is 1. The quantitative estimate of drug-likeness (QED) is 0.334. The molecule has 1 saturated carbocycles. The third kappa shape index (κ3) is 5.71. The van der Waals surface area contributed by atoms with Gasteiger partial charge in [-0.15, -0.1) is 0 Å². The van der Waals surface area contributed by atoms with Gasteiger partial charge in [0, 0.05) is 42.5 Å². The van der Waals surface area contributed by atoms with E-state index in [1.165, 1.54) is 5.56 Å². The van der Waals surface area contributed by atoms with Crippen molar-refractivity contribution in [3.05, 3.63) is 77.3 Å². The van der Waals surface area contributed by atoms with Crippen LogP contribution in [0.3, 0.4) is 0 Å². The number of carbonyl (C=O) groups is 1. The zero-order valence-electron chi connectivity index (χ0n) is 21.6. The topological polar surface area (TPSA) is 117 Å². The van der Waals surface area contributed by atoms with Gasteiger partial charge in [-0.05, 0) is 68.8 Å². The van der Waals surface area contributed by atoms with E-state index in [0.29, 0.717) is 53.3 Å². The molecule has 1 amide bonds. The molecule has 2 aromatic carbocycles. The van der Waals surface area contributed by atoms with Crippen molar-refractivity contribution in [1.29, 1.82) is 5.26 Å². The highest BCUT2D eigenvalue weighted by atomic mass is 16.5. The molecule has 2 heterocycles. The molecule has 0 bridgehead atoms. The molecular weight excluding hydrogens is 480 g/mol. The van der Waals surface area contributed by atoms with Gasteiger partial charge < -0.3 is 19.5 Å². The van der Waals surface area contributed by atoms with Gasteiger partial charge in [0.25, 0.3) is 5.91 Å². The van der Waals surface area contributed by atoms with Crippen LogP contribution in [0.5, 0.6) is 5.75 Å². The molecule has 0 saturated heterocycles. The Labute approximate surface area is 221 Å². The van der Waals surface area contributed by atoms with Gasteiger partial charge in [-0.25, -0.2) is 0 Å². The third-order valence-corrected chi connectivity index (χ3v) is 6.31. The maximum absolute atomic E-state index is 12.9. The van der Waals surface area contributed by atoms with Crippen LogP contribution in [-0.2, 0) is 0 Å². The second-order valence-corrected chi connectivity index (χ2v) is 9.57. The molecule has 0 atom stereocenters. The molecule has 5 rings (SSSR count). The fourth-order valence-corrected chi connectivity index (χ4v) is 4.12. The van der Waals surface area contributed by atoms with Crippen LogP contribution >= 0.6 is 0 Å². The Morgan fingerprint density at radius 3 is 2.68 bits per heavy atom. The van der Waals surface area contributed by atoms with Crippen molar-refractivity contribution in [3.8, 4) is 34.5 Å². The number of aromatic nitrogens is 3. The molecule has 0 radical (unpaired) electrons. The van der Waals surface area contributed by atoms with Gasteiger partial charge in [-0.3, -0.25) is 9.78 Å². The summed E-state index contributed by atoms with van der Waals surface area (Å²) in [6.07, 6.45) is 3.84. The van der Waals surface area contributed by atoms with E-state index >= 15 is 0 Å². The van der Waals surface area contributed by atoms with Crippen molar-refractivity contribution < 1.29 is 14.1 Å². The molecule has 9 heteroatoms. The number of hydrogen-bond acceptors (Lipinski definition) is 8. The van der Waals surface area contributed by atoms with E-state index in [2.05, 4.69) is 32.6 Å². The Morgan fingerprint density at radius 2 is 2.03 bits per heavy atom. The Hall–Kier alpha value is -4.55. The summed E-state index contributed by atoms with van der Waals surface area (Å²) < 4.78 is 10.9. The number of rotatable bonds is 9. The summed E-state index contributed by atoms with van der Waals surface area (Å²) in [7, 11) is 3.90. The number of ether oxygens (including phenoxy) is 1. The molecular formula is C29H28N6O3. The SMILES string of the molecule is Cc1nc(-c2ccc(-c3ccc(C(=O)Nc4ccc(C#N)c(OCCN(C)C)c4)cn3)c(C3CC3)c2)no1. The summed E-state index contributed by atoms with van der Waals surface area (Å²) in [4.78, 5) is 23.9. The van der Waals surface area contributed by atoms with Crippen molar-refractivity contribution >= 4 is 11.6 Å². The number of pyridine rings is 1. The molecule has 2 aromatic heterocycles. The van der Waals surface area contributed by atoms with Gasteiger partial charge in [0.1, 0.15) is 18.4 Å². The summed E-state index contributed by atoms with van der Waals surface area (Å²) in [6.45, 7) is 2.92. The van der Waals surface area contributed by atoms with Crippen molar-refractivity contribution in [1.82, 2.24) is 20.0 Å². The fourth-order valence-electron chi connectivity index (χ4n) is 4.12. The van der Waals surface area contributed by atoms with Crippen molar-refractivity contribution in [2.45, 2.75) is 25.7 Å². The number of nitrogens with one attached hydrogen (secondary N) is 1. The number of anilines is 1. The maximum Gasteiger partial charge on any atom is 0.257 e. The molecule has 1 aliphatic rings. The number of likely N-dealkylation sites (N-methyl/N-ethyl adjacent to an activating group) is 1. The normalized spacial score (nSPS) is 12.8. The lowest BCUT2D eigenvalue weighted by Crippen LogP contribution is -2.19. The van der Waals surface area contributed by atoms with Gasteiger partial charge in [0.05, 0.1) is 16.8 Å². The lowest BCUT2D eigenvalue weighted by atomic mass is 9.97. The highest BCUT2D eigenvalue weighted by Crippen LogP contribution is 2.45. The minimum atomic E-state index is -0.293. The number of carbonyl (C=O) groups excluding carboxylic acids is 1. The van der Waals surface area contributed by atoms with Crippen molar-refractivity contribution in [2.75, 3.05) is 32.6 Å². The number of nitrogens with zero attached hydrogens (tertiary/aromatic N) is 5. The summed E-state index contributed by atoms with van der Waals surface area (Å²) in [6, 6.07) is 16.9. The van der Waals surface area contributed by atoms with E-state index in [1.807, 2.05) is 37.2 Å². The predicted octanol–water partition coefficient (Wildman–Crippen LogP) is 5.05. The fraction of sp³-hybridized carbons (Fsp3) is 0.276. The van der Waals surface area contributed by atoms with Crippen LogP contribution in [-0.4, -0.2) is 53.2 Å². The van der Waals surface area contributed by atoms with Crippen molar-refractivity contribution in [3.63, 3.8) is 0 Å². The molecule has 0 spiro atoms. The van der Waals surface area contributed by atoms with E-state index in [0.717, 1.165) is 29.7 Å². The average Bonchev–Trinajstić information content (AvgIpc) is 3.68. The number of hydrogen-bond donors (Lipinski definition) is 1. The molecule has 38 heavy (non-hydrogen) atoms. The highest BCUT2D eigenvalue weighted by Gasteiger charge is 2.27. The molecule has 192 valence electrons. The van der Waals surface area contributed by atoms with E-state index < -0.39 is 0 Å². The largest absolute Gasteiger partial charge is 0.491 e. The predicted molar refractivity (Wildman–Crippen MR) is 143 cm³/mol. The first kappa shape index (κ1) is 25.1. The first-order valence-corrected chi connectivity index (χ1v) is 12.5. The Bertz CT molecular complexity index is 1500. The highest BCUT2D eigenvalue weighted by molar-refractivity contribution is 6.04. The van der Waals surface area contributed by atoms with Crippen LogP contribution in [0.1, 0.15) is 46.1 Å². The lowest BCUT2D eigenvalue weighted by molar-refractivity contribution is 0.102. The van der Waals surface area contributed by atoms with Crippen LogP contribution in [0.25, 0.3) is 22.6 Å². The van der Waals surface area contributed by atoms with Gasteiger partial charge in [-0.2, -0.15) is 10.2 Å².